The molecule has 0 radical (unpaired) electrons. The molecule has 2 heteroatoms. The van der Waals surface area contributed by atoms with Crippen molar-refractivity contribution >= 4 is 5.91 Å². The molecular weight excluding hydrogens is 150 g/mol. The van der Waals surface area contributed by atoms with E-state index in [1.165, 1.54) is 0 Å². The van der Waals surface area contributed by atoms with Gasteiger partial charge in [0.15, 0.2) is 0 Å². The number of hydrogen-bond acceptors (Lipinski definition) is 1. The van der Waals surface area contributed by atoms with Gasteiger partial charge in [0.05, 0.1) is 0 Å². The van der Waals surface area contributed by atoms with Crippen molar-refractivity contribution in [3.8, 4) is 0 Å². The molecule has 0 spiro atoms. The first-order chi connectivity index (χ1) is 5.80. The molecule has 0 bridgehead atoms. The van der Waals surface area contributed by atoms with Crippen LogP contribution in [0.5, 0.6) is 0 Å². The monoisotopic (exact) mass is 163 g/mol. The van der Waals surface area contributed by atoms with Gasteiger partial charge in [-0.2, -0.15) is 0 Å². The molecule has 1 aliphatic rings. The van der Waals surface area contributed by atoms with Gasteiger partial charge in [0.1, 0.15) is 0 Å². The van der Waals surface area contributed by atoms with E-state index in [0.717, 1.165) is 12.8 Å². The Morgan fingerprint density at radius 3 is 2.00 bits per heavy atom. The third-order valence-corrected chi connectivity index (χ3v) is 1.85. The van der Waals surface area contributed by atoms with Crippen molar-refractivity contribution in [3.63, 3.8) is 0 Å². The molecule has 0 saturated carbocycles. The van der Waals surface area contributed by atoms with Gasteiger partial charge in [-0.1, -0.05) is 36.5 Å². The van der Waals surface area contributed by atoms with Gasteiger partial charge in [-0.3, -0.25) is 4.79 Å². The fourth-order valence-electron chi connectivity index (χ4n) is 1.10. The number of amides is 1. The third kappa shape index (κ3) is 2.74. The van der Waals surface area contributed by atoms with E-state index in [1.54, 1.807) is 0 Å². The van der Waals surface area contributed by atoms with Gasteiger partial charge in [-0.05, 0) is 12.8 Å². The Balaban J connectivity index is 2.62. The fraction of sp³-hybridized carbons (Fsp3) is 0.300. The summed E-state index contributed by atoms with van der Waals surface area (Å²) in [5.74, 6) is -0.261. The van der Waals surface area contributed by atoms with Crippen LogP contribution >= 0.6 is 0 Å². The van der Waals surface area contributed by atoms with Crippen molar-refractivity contribution in [2.75, 3.05) is 0 Å². The minimum atomic E-state index is -0.216. The van der Waals surface area contributed by atoms with Gasteiger partial charge < -0.3 is 5.73 Å². The van der Waals surface area contributed by atoms with Crippen molar-refractivity contribution < 1.29 is 4.79 Å². The highest BCUT2D eigenvalue weighted by Crippen LogP contribution is 2.10. The summed E-state index contributed by atoms with van der Waals surface area (Å²) in [5, 5.41) is 0. The van der Waals surface area contributed by atoms with E-state index < -0.39 is 0 Å². The van der Waals surface area contributed by atoms with Crippen molar-refractivity contribution in [1.29, 1.82) is 0 Å². The molecule has 2 nitrogen and oxygen atoms in total. The predicted molar refractivity (Wildman–Crippen MR) is 49.3 cm³/mol. The molecule has 1 amide bonds. The molecule has 1 unspecified atom stereocenters. The molecule has 2 N–H and O–H groups in total. The Morgan fingerprint density at radius 1 is 1.08 bits per heavy atom. The van der Waals surface area contributed by atoms with Crippen LogP contribution in [-0.2, 0) is 4.79 Å². The first-order valence-electron chi connectivity index (χ1n) is 4.08. The SMILES string of the molecule is NC(=O)C1C\C=C/C=C/C=C/C1. The van der Waals surface area contributed by atoms with Crippen molar-refractivity contribution in [2.45, 2.75) is 12.8 Å². The van der Waals surface area contributed by atoms with Gasteiger partial charge in [0, 0.05) is 5.92 Å². The fourth-order valence-corrected chi connectivity index (χ4v) is 1.10. The summed E-state index contributed by atoms with van der Waals surface area (Å²) < 4.78 is 0. The van der Waals surface area contributed by atoms with Gasteiger partial charge in [0.2, 0.25) is 5.91 Å². The minimum absolute atomic E-state index is 0.0441. The average molecular weight is 163 g/mol. The lowest BCUT2D eigenvalue weighted by Crippen LogP contribution is -2.22. The van der Waals surface area contributed by atoms with E-state index in [0.29, 0.717) is 0 Å². The van der Waals surface area contributed by atoms with Gasteiger partial charge >= 0.3 is 0 Å². The van der Waals surface area contributed by atoms with Gasteiger partial charge in [-0.15, -0.1) is 0 Å². The first kappa shape index (κ1) is 8.78. The average Bonchev–Trinajstić information content (AvgIpc) is 2.15. The molecule has 1 rings (SSSR count). The zero-order valence-electron chi connectivity index (χ0n) is 6.94. The van der Waals surface area contributed by atoms with E-state index in [1.807, 2.05) is 36.5 Å². The molecule has 64 valence electrons. The van der Waals surface area contributed by atoms with E-state index in [9.17, 15) is 4.79 Å². The maximum Gasteiger partial charge on any atom is 0.221 e. The summed E-state index contributed by atoms with van der Waals surface area (Å²) in [6, 6.07) is 0. The van der Waals surface area contributed by atoms with E-state index in [-0.39, 0.29) is 11.8 Å². The van der Waals surface area contributed by atoms with E-state index in [4.69, 9.17) is 5.73 Å². The topological polar surface area (TPSA) is 43.1 Å². The Morgan fingerprint density at radius 2 is 1.58 bits per heavy atom. The van der Waals surface area contributed by atoms with Crippen LogP contribution in [0.3, 0.4) is 0 Å². The van der Waals surface area contributed by atoms with Crippen LogP contribution in [0.1, 0.15) is 12.8 Å². The van der Waals surface area contributed by atoms with Crippen LogP contribution in [0.2, 0.25) is 0 Å². The number of primary amides is 1. The maximum absolute atomic E-state index is 10.9. The van der Waals surface area contributed by atoms with Crippen molar-refractivity contribution in [3.05, 3.63) is 36.5 Å². The van der Waals surface area contributed by atoms with Crippen LogP contribution in [0.4, 0.5) is 0 Å². The standard InChI is InChI=1S/C10H13NO/c11-10(12)9-7-5-3-1-2-4-6-8-9/h1-6,9H,7-8H2,(H2,11,12)/b2-1+,5-3-,6-4+. The Bertz CT molecular complexity index is 220. The molecule has 0 aromatic heterocycles. The number of carbonyl (C=O) groups is 1. The smallest absolute Gasteiger partial charge is 0.221 e. The molecule has 0 aromatic carbocycles. The van der Waals surface area contributed by atoms with Crippen molar-refractivity contribution in [1.82, 2.24) is 0 Å². The molecule has 0 heterocycles. The maximum atomic E-state index is 10.9. The van der Waals surface area contributed by atoms with Crippen LogP contribution in [0.15, 0.2) is 36.5 Å². The predicted octanol–water partition coefficient (Wildman–Crippen LogP) is 1.55. The highest BCUT2D eigenvalue weighted by molar-refractivity contribution is 5.77. The molecule has 0 fully saturated rings. The Labute approximate surface area is 72.5 Å². The summed E-state index contributed by atoms with van der Waals surface area (Å²) >= 11 is 0. The lowest BCUT2D eigenvalue weighted by Gasteiger charge is -2.06. The van der Waals surface area contributed by atoms with E-state index in [2.05, 4.69) is 0 Å². The lowest BCUT2D eigenvalue weighted by molar-refractivity contribution is -0.121. The highest BCUT2D eigenvalue weighted by Gasteiger charge is 2.11. The summed E-state index contributed by atoms with van der Waals surface area (Å²) in [6.07, 6.45) is 13.2. The zero-order chi connectivity index (χ0) is 8.81. The number of rotatable bonds is 1. The molecule has 12 heavy (non-hydrogen) atoms. The largest absolute Gasteiger partial charge is 0.369 e. The Hall–Kier alpha value is -1.31. The molecule has 0 aromatic rings. The summed E-state index contributed by atoms with van der Waals surface area (Å²) in [7, 11) is 0. The second kappa shape index (κ2) is 4.54. The normalized spacial score (nSPS) is 30.8. The molecule has 0 saturated heterocycles. The van der Waals surface area contributed by atoms with Crippen molar-refractivity contribution in [2.24, 2.45) is 11.7 Å². The third-order valence-electron chi connectivity index (χ3n) is 1.85. The van der Waals surface area contributed by atoms with Crippen LogP contribution in [-0.4, -0.2) is 5.91 Å². The quantitative estimate of drug-likeness (QED) is 0.626. The minimum Gasteiger partial charge on any atom is -0.369 e. The second-order valence-corrected chi connectivity index (χ2v) is 2.81. The highest BCUT2D eigenvalue weighted by atomic mass is 16.1. The first-order valence-corrected chi connectivity index (χ1v) is 4.08. The van der Waals surface area contributed by atoms with Gasteiger partial charge in [0.25, 0.3) is 0 Å². The molecule has 1 atom stereocenters. The summed E-state index contributed by atoms with van der Waals surface area (Å²) in [4.78, 5) is 10.9. The summed E-state index contributed by atoms with van der Waals surface area (Å²) in [6.45, 7) is 0. The van der Waals surface area contributed by atoms with Crippen LogP contribution < -0.4 is 5.73 Å². The lowest BCUT2D eigenvalue weighted by atomic mass is 10.0. The van der Waals surface area contributed by atoms with E-state index >= 15 is 0 Å². The van der Waals surface area contributed by atoms with Gasteiger partial charge in [-0.25, -0.2) is 0 Å². The van der Waals surface area contributed by atoms with Crippen LogP contribution in [0, 0.1) is 5.92 Å². The number of carbonyl (C=O) groups excluding carboxylic acids is 1. The van der Waals surface area contributed by atoms with Crippen LogP contribution in [0.25, 0.3) is 0 Å². The molecule has 0 aliphatic heterocycles. The molecular formula is C10H13NO. The summed E-state index contributed by atoms with van der Waals surface area (Å²) in [5.41, 5.74) is 5.21. The number of nitrogens with two attached hydrogens (primary N) is 1. The second-order valence-electron chi connectivity index (χ2n) is 2.81. The molecule has 1 aliphatic carbocycles. The Kier molecular flexibility index (Phi) is 3.33. The number of hydrogen-bond donors (Lipinski definition) is 1. The number of allylic oxidation sites excluding steroid dienone is 6. The zero-order valence-corrected chi connectivity index (χ0v) is 6.94.